The van der Waals surface area contributed by atoms with Crippen LogP contribution in [0, 0.1) is 5.82 Å². The molecule has 1 aliphatic rings. The van der Waals surface area contributed by atoms with Gasteiger partial charge in [0.15, 0.2) is 5.65 Å². The molecule has 0 atom stereocenters. The highest BCUT2D eigenvalue weighted by Crippen LogP contribution is 2.22. The fourth-order valence-electron chi connectivity index (χ4n) is 4.41. The van der Waals surface area contributed by atoms with Crippen molar-refractivity contribution in [1.82, 2.24) is 29.7 Å². The van der Waals surface area contributed by atoms with Gasteiger partial charge < -0.3 is 15.5 Å². The number of amides is 1. The number of fused-ring (bicyclic) bond motifs is 1. The van der Waals surface area contributed by atoms with Crippen molar-refractivity contribution in [3.63, 3.8) is 0 Å². The lowest BCUT2D eigenvalue weighted by Crippen LogP contribution is -2.43. The first kappa shape index (κ1) is 22.9. The molecular weight excluding hydrogens is 445 g/mol. The van der Waals surface area contributed by atoms with Gasteiger partial charge in [0, 0.05) is 37.8 Å². The molecule has 2 aromatic carbocycles. The maximum Gasteiger partial charge on any atom is 0.251 e. The van der Waals surface area contributed by atoms with Gasteiger partial charge in [0.05, 0.1) is 12.7 Å². The van der Waals surface area contributed by atoms with Crippen LogP contribution in [-0.2, 0) is 6.54 Å². The zero-order valence-electron chi connectivity index (χ0n) is 19.4. The molecule has 3 heterocycles. The first-order valence-electron chi connectivity index (χ1n) is 11.9. The van der Waals surface area contributed by atoms with Crippen LogP contribution in [0.1, 0.15) is 28.8 Å². The van der Waals surface area contributed by atoms with Crippen LogP contribution in [0.15, 0.2) is 67.1 Å². The fraction of sp³-hybridized carbons (Fsp3) is 0.308. The summed E-state index contributed by atoms with van der Waals surface area (Å²) >= 11 is 0. The molecular formula is C26H28FN7O. The second-order valence-electron chi connectivity index (χ2n) is 8.76. The maximum absolute atomic E-state index is 13.4. The van der Waals surface area contributed by atoms with E-state index in [1.54, 1.807) is 18.3 Å². The number of imidazole rings is 1. The highest BCUT2D eigenvalue weighted by Gasteiger charge is 2.22. The number of aromatic nitrogens is 4. The molecule has 0 spiro atoms. The van der Waals surface area contributed by atoms with Gasteiger partial charge in [0.1, 0.15) is 17.7 Å². The molecule has 4 aromatic rings. The van der Waals surface area contributed by atoms with Gasteiger partial charge in [0.2, 0.25) is 5.95 Å². The maximum atomic E-state index is 13.4. The van der Waals surface area contributed by atoms with Gasteiger partial charge in [-0.25, -0.2) is 19.3 Å². The monoisotopic (exact) mass is 473 g/mol. The van der Waals surface area contributed by atoms with Crippen molar-refractivity contribution in [1.29, 1.82) is 0 Å². The largest absolute Gasteiger partial charge is 0.353 e. The minimum absolute atomic E-state index is 0.0368. The SMILES string of the molecule is O=C(NCCN1CCC(Nc2nc3cncnc3n2Cc2ccc(F)cc2)CC1)c1ccccc1. The molecule has 0 radical (unpaired) electrons. The minimum atomic E-state index is -0.253. The van der Waals surface area contributed by atoms with Crippen molar-refractivity contribution >= 4 is 23.0 Å². The van der Waals surface area contributed by atoms with Crippen molar-refractivity contribution in [3.05, 3.63) is 84.1 Å². The third-order valence-corrected chi connectivity index (χ3v) is 6.33. The van der Waals surface area contributed by atoms with E-state index in [0.717, 1.165) is 55.2 Å². The molecule has 180 valence electrons. The number of hydrogen-bond acceptors (Lipinski definition) is 6. The first-order valence-corrected chi connectivity index (χ1v) is 11.9. The first-order chi connectivity index (χ1) is 17.2. The van der Waals surface area contributed by atoms with Gasteiger partial charge >= 0.3 is 0 Å². The van der Waals surface area contributed by atoms with E-state index in [1.807, 2.05) is 34.9 Å². The average Bonchev–Trinajstić information content (AvgIpc) is 3.23. The third-order valence-electron chi connectivity index (χ3n) is 6.33. The van der Waals surface area contributed by atoms with Crippen LogP contribution in [0.2, 0.25) is 0 Å². The molecule has 9 heteroatoms. The van der Waals surface area contributed by atoms with Gasteiger partial charge in [-0.2, -0.15) is 0 Å². The number of carbonyl (C=O) groups excluding carboxylic acids is 1. The highest BCUT2D eigenvalue weighted by atomic mass is 19.1. The van der Waals surface area contributed by atoms with Crippen molar-refractivity contribution in [2.75, 3.05) is 31.5 Å². The Bertz CT molecular complexity index is 1270. The van der Waals surface area contributed by atoms with Crippen LogP contribution in [0.3, 0.4) is 0 Å². The fourth-order valence-corrected chi connectivity index (χ4v) is 4.41. The van der Waals surface area contributed by atoms with Crippen LogP contribution >= 0.6 is 0 Å². The molecule has 2 aromatic heterocycles. The molecule has 5 rings (SSSR count). The molecule has 0 unspecified atom stereocenters. The predicted molar refractivity (Wildman–Crippen MR) is 133 cm³/mol. The van der Waals surface area contributed by atoms with Crippen molar-refractivity contribution in [3.8, 4) is 0 Å². The summed E-state index contributed by atoms with van der Waals surface area (Å²) in [7, 11) is 0. The Morgan fingerprint density at radius 1 is 1.06 bits per heavy atom. The number of benzene rings is 2. The average molecular weight is 474 g/mol. The van der Waals surface area contributed by atoms with Crippen LogP contribution in [0.25, 0.3) is 11.2 Å². The summed E-state index contributed by atoms with van der Waals surface area (Å²) in [6.07, 6.45) is 5.17. The topological polar surface area (TPSA) is 88.0 Å². The molecule has 1 saturated heterocycles. The number of halogens is 1. The number of anilines is 1. The van der Waals surface area contributed by atoms with Gasteiger partial charge in [-0.1, -0.05) is 30.3 Å². The van der Waals surface area contributed by atoms with E-state index < -0.39 is 0 Å². The van der Waals surface area contributed by atoms with E-state index in [4.69, 9.17) is 4.98 Å². The Balaban J connectivity index is 1.17. The molecule has 8 nitrogen and oxygen atoms in total. The number of nitrogens with one attached hydrogen (secondary N) is 2. The second kappa shape index (κ2) is 10.6. The zero-order chi connectivity index (χ0) is 24.0. The molecule has 1 amide bonds. The van der Waals surface area contributed by atoms with Gasteiger partial charge in [-0.15, -0.1) is 0 Å². The van der Waals surface area contributed by atoms with Crippen LogP contribution in [-0.4, -0.2) is 62.5 Å². The van der Waals surface area contributed by atoms with E-state index in [9.17, 15) is 9.18 Å². The number of rotatable bonds is 8. The lowest BCUT2D eigenvalue weighted by atomic mass is 10.1. The van der Waals surface area contributed by atoms with Gasteiger partial charge in [0.25, 0.3) is 5.91 Å². The summed E-state index contributed by atoms with van der Waals surface area (Å²) in [6.45, 7) is 3.87. The van der Waals surface area contributed by atoms with Crippen LogP contribution in [0.5, 0.6) is 0 Å². The molecule has 2 N–H and O–H groups in total. The van der Waals surface area contributed by atoms with E-state index >= 15 is 0 Å². The Morgan fingerprint density at radius 3 is 2.60 bits per heavy atom. The van der Waals surface area contributed by atoms with E-state index in [-0.39, 0.29) is 17.8 Å². The second-order valence-corrected chi connectivity index (χ2v) is 8.76. The van der Waals surface area contributed by atoms with Gasteiger partial charge in [-0.3, -0.25) is 9.36 Å². The minimum Gasteiger partial charge on any atom is -0.353 e. The smallest absolute Gasteiger partial charge is 0.251 e. The summed E-state index contributed by atoms with van der Waals surface area (Å²) in [5.74, 6) is 0.458. The summed E-state index contributed by atoms with van der Waals surface area (Å²) in [5.41, 5.74) is 3.13. The molecule has 35 heavy (non-hydrogen) atoms. The predicted octanol–water partition coefficient (Wildman–Crippen LogP) is 3.32. The lowest BCUT2D eigenvalue weighted by molar-refractivity contribution is 0.0946. The summed E-state index contributed by atoms with van der Waals surface area (Å²) in [4.78, 5) is 27.8. The third kappa shape index (κ3) is 5.63. The number of carbonyl (C=O) groups is 1. The molecule has 1 fully saturated rings. The summed E-state index contributed by atoms with van der Waals surface area (Å²) < 4.78 is 15.4. The lowest BCUT2D eigenvalue weighted by Gasteiger charge is -2.32. The van der Waals surface area contributed by atoms with Gasteiger partial charge in [-0.05, 0) is 42.7 Å². The number of likely N-dealkylation sites (tertiary alicyclic amines) is 1. The Labute approximate surface area is 203 Å². The van der Waals surface area contributed by atoms with Crippen LogP contribution < -0.4 is 10.6 Å². The number of nitrogens with zero attached hydrogens (tertiary/aromatic N) is 5. The van der Waals surface area contributed by atoms with Crippen molar-refractivity contribution < 1.29 is 9.18 Å². The molecule has 0 bridgehead atoms. The number of piperidine rings is 1. The Kier molecular flexibility index (Phi) is 6.94. The van der Waals surface area contributed by atoms with Crippen LogP contribution in [0.4, 0.5) is 10.3 Å². The molecule has 0 saturated carbocycles. The van der Waals surface area contributed by atoms with E-state index in [1.165, 1.54) is 18.5 Å². The van der Waals surface area contributed by atoms with E-state index in [2.05, 4.69) is 25.5 Å². The quantitative estimate of drug-likeness (QED) is 0.408. The molecule has 1 aliphatic heterocycles. The summed E-state index contributed by atoms with van der Waals surface area (Å²) in [5, 5.41) is 6.60. The standard InChI is InChI=1S/C26H28FN7O/c27-21-8-6-19(7-9-21)17-34-24-23(16-28-18-30-24)32-26(34)31-22-10-13-33(14-11-22)15-12-29-25(35)20-4-2-1-3-5-20/h1-9,16,18,22H,10-15,17H2,(H,29,35)(H,31,32). The normalized spacial score (nSPS) is 14.8. The highest BCUT2D eigenvalue weighted by molar-refractivity contribution is 5.94. The van der Waals surface area contributed by atoms with E-state index in [0.29, 0.717) is 18.7 Å². The Morgan fingerprint density at radius 2 is 1.83 bits per heavy atom. The zero-order valence-corrected chi connectivity index (χ0v) is 19.4. The molecule has 0 aliphatic carbocycles. The number of hydrogen-bond donors (Lipinski definition) is 2. The van der Waals surface area contributed by atoms with Crippen molar-refractivity contribution in [2.45, 2.75) is 25.4 Å². The Hall–Kier alpha value is -3.85. The van der Waals surface area contributed by atoms with Crippen molar-refractivity contribution in [2.24, 2.45) is 0 Å². The summed E-state index contributed by atoms with van der Waals surface area (Å²) in [6, 6.07) is 16.1.